The molecule has 1 aromatic carbocycles. The van der Waals surface area contributed by atoms with Crippen molar-refractivity contribution in [2.24, 2.45) is 5.73 Å². The fraction of sp³-hybridized carbons (Fsp3) is 0. The van der Waals surface area contributed by atoms with Crippen molar-refractivity contribution in [3.63, 3.8) is 0 Å². The summed E-state index contributed by atoms with van der Waals surface area (Å²) in [6.07, 6.45) is 1.02. The van der Waals surface area contributed by atoms with Crippen LogP contribution in [0.2, 0.25) is 0 Å². The molecule has 0 aromatic heterocycles. The maximum atomic E-state index is 12.7. The third kappa shape index (κ3) is 2.88. The molecule has 0 unspecified atom stereocenters. The Morgan fingerprint density at radius 3 is 2.27 bits per heavy atom. The van der Waals surface area contributed by atoms with Crippen LogP contribution in [0, 0.1) is 23.0 Å². The van der Waals surface area contributed by atoms with Crippen LogP contribution in [0.5, 0.6) is 0 Å². The van der Waals surface area contributed by atoms with Crippen molar-refractivity contribution in [1.29, 1.82) is 5.26 Å². The van der Waals surface area contributed by atoms with E-state index in [1.54, 1.807) is 0 Å². The molecule has 0 spiro atoms. The molecule has 0 aliphatic heterocycles. The largest absolute Gasteiger partial charge is 0.365 e. The average Bonchev–Trinajstić information content (AvgIpc) is 2.12. The first-order valence-electron chi connectivity index (χ1n) is 3.90. The van der Waals surface area contributed by atoms with Crippen molar-refractivity contribution >= 4 is 12.0 Å². The number of carbonyl (C=O) groups excluding carboxylic acids is 1. The first-order valence-corrected chi connectivity index (χ1v) is 3.90. The van der Waals surface area contributed by atoms with Gasteiger partial charge in [0.1, 0.15) is 23.3 Å². The number of halogens is 2. The van der Waals surface area contributed by atoms with Gasteiger partial charge in [0, 0.05) is 6.07 Å². The van der Waals surface area contributed by atoms with Gasteiger partial charge in [0.2, 0.25) is 0 Å². The molecule has 15 heavy (non-hydrogen) atoms. The normalized spacial score (nSPS) is 10.9. The lowest BCUT2D eigenvalue weighted by atomic mass is 10.1. The Morgan fingerprint density at radius 1 is 1.33 bits per heavy atom. The van der Waals surface area contributed by atoms with Gasteiger partial charge in [0.05, 0.1) is 0 Å². The summed E-state index contributed by atoms with van der Waals surface area (Å²) >= 11 is 0. The van der Waals surface area contributed by atoms with E-state index < -0.39 is 17.5 Å². The monoisotopic (exact) mass is 208 g/mol. The Kier molecular flexibility index (Phi) is 3.13. The van der Waals surface area contributed by atoms with E-state index in [0.717, 1.165) is 18.2 Å². The zero-order valence-electron chi connectivity index (χ0n) is 7.50. The molecule has 3 nitrogen and oxygen atoms in total. The third-order valence-corrected chi connectivity index (χ3v) is 1.58. The molecule has 0 saturated carbocycles. The van der Waals surface area contributed by atoms with Crippen molar-refractivity contribution in [2.75, 3.05) is 0 Å². The molecule has 0 bridgehead atoms. The van der Waals surface area contributed by atoms with Crippen LogP contribution in [0.25, 0.3) is 6.08 Å². The lowest BCUT2D eigenvalue weighted by Crippen LogP contribution is -2.12. The van der Waals surface area contributed by atoms with Crippen LogP contribution in [0.3, 0.4) is 0 Å². The minimum atomic E-state index is -0.942. The van der Waals surface area contributed by atoms with Gasteiger partial charge in [-0.05, 0) is 23.8 Å². The number of nitrogens with two attached hydrogens (primary N) is 1. The summed E-state index contributed by atoms with van der Waals surface area (Å²) in [5, 5.41) is 8.49. The van der Waals surface area contributed by atoms with Crippen LogP contribution in [0.1, 0.15) is 5.56 Å². The van der Waals surface area contributed by atoms with E-state index in [2.05, 4.69) is 0 Å². The molecule has 1 aromatic rings. The minimum Gasteiger partial charge on any atom is -0.365 e. The molecule has 5 heteroatoms. The Morgan fingerprint density at radius 2 is 1.87 bits per heavy atom. The van der Waals surface area contributed by atoms with E-state index in [-0.39, 0.29) is 11.1 Å². The first kappa shape index (κ1) is 10.9. The highest BCUT2D eigenvalue weighted by Gasteiger charge is 2.04. The molecular weight excluding hydrogens is 202 g/mol. The molecule has 76 valence electrons. The van der Waals surface area contributed by atoms with E-state index >= 15 is 0 Å². The number of rotatable bonds is 2. The number of amides is 1. The molecule has 0 radical (unpaired) electrons. The number of carbonyl (C=O) groups is 1. The lowest BCUT2D eigenvalue weighted by molar-refractivity contribution is -0.114. The highest BCUT2D eigenvalue weighted by molar-refractivity contribution is 6.00. The first-order chi connectivity index (χ1) is 7.02. The summed E-state index contributed by atoms with van der Waals surface area (Å²) in [6, 6.07) is 4.20. The second kappa shape index (κ2) is 4.33. The summed E-state index contributed by atoms with van der Waals surface area (Å²) in [5.74, 6) is -2.52. The number of hydrogen-bond donors (Lipinski definition) is 1. The summed E-state index contributed by atoms with van der Waals surface area (Å²) in [5.41, 5.74) is 4.56. The quantitative estimate of drug-likeness (QED) is 0.589. The van der Waals surface area contributed by atoms with E-state index in [9.17, 15) is 13.6 Å². The predicted molar refractivity (Wildman–Crippen MR) is 49.1 cm³/mol. The average molecular weight is 208 g/mol. The summed E-state index contributed by atoms with van der Waals surface area (Å²) in [4.78, 5) is 10.6. The van der Waals surface area contributed by atoms with Crippen molar-refractivity contribution in [3.05, 3.63) is 41.0 Å². The molecule has 0 heterocycles. The topological polar surface area (TPSA) is 66.9 Å². The van der Waals surface area contributed by atoms with Gasteiger partial charge in [0.25, 0.3) is 5.91 Å². The van der Waals surface area contributed by atoms with Crippen LogP contribution in [-0.4, -0.2) is 5.91 Å². The van der Waals surface area contributed by atoms with E-state index in [1.807, 2.05) is 0 Å². The van der Waals surface area contributed by atoms with Crippen molar-refractivity contribution in [3.8, 4) is 6.07 Å². The maximum absolute atomic E-state index is 12.7. The predicted octanol–water partition coefficient (Wildman–Crippen LogP) is 1.36. The molecule has 0 aliphatic rings. The lowest BCUT2D eigenvalue weighted by Gasteiger charge is -1.96. The minimum absolute atomic E-state index is 0.0721. The van der Waals surface area contributed by atoms with Crippen LogP contribution < -0.4 is 5.73 Å². The van der Waals surface area contributed by atoms with Gasteiger partial charge in [-0.1, -0.05) is 0 Å². The zero-order chi connectivity index (χ0) is 11.4. The fourth-order valence-corrected chi connectivity index (χ4v) is 0.984. The standard InChI is InChI=1S/C10H6F2N2O/c11-8-2-6(3-9(12)4-8)1-7(5-13)10(14)15/h1-4H,(H2,14,15)/b7-1+. The molecule has 2 N–H and O–H groups in total. The van der Waals surface area contributed by atoms with E-state index in [1.165, 1.54) is 6.07 Å². The van der Waals surface area contributed by atoms with E-state index in [4.69, 9.17) is 11.0 Å². The van der Waals surface area contributed by atoms with Crippen molar-refractivity contribution in [1.82, 2.24) is 0 Å². The van der Waals surface area contributed by atoms with Crippen LogP contribution in [0.15, 0.2) is 23.8 Å². The van der Waals surface area contributed by atoms with Crippen molar-refractivity contribution < 1.29 is 13.6 Å². The van der Waals surface area contributed by atoms with Gasteiger partial charge in [0.15, 0.2) is 0 Å². The van der Waals surface area contributed by atoms with Gasteiger partial charge >= 0.3 is 0 Å². The molecular formula is C10H6F2N2O. The highest BCUT2D eigenvalue weighted by atomic mass is 19.1. The number of hydrogen-bond acceptors (Lipinski definition) is 2. The van der Waals surface area contributed by atoms with Crippen LogP contribution >= 0.6 is 0 Å². The molecule has 1 amide bonds. The smallest absolute Gasteiger partial charge is 0.259 e. The van der Waals surface area contributed by atoms with Gasteiger partial charge in [-0.2, -0.15) is 5.26 Å². The number of nitriles is 1. The van der Waals surface area contributed by atoms with Gasteiger partial charge in [-0.25, -0.2) is 8.78 Å². The van der Waals surface area contributed by atoms with Gasteiger partial charge < -0.3 is 5.73 Å². The molecule has 0 fully saturated rings. The summed E-state index contributed by atoms with van der Waals surface area (Å²) in [6.45, 7) is 0. The SMILES string of the molecule is N#C/C(=C\c1cc(F)cc(F)c1)C(N)=O. The fourth-order valence-electron chi connectivity index (χ4n) is 0.984. The second-order valence-corrected chi connectivity index (χ2v) is 2.74. The molecule has 0 atom stereocenters. The van der Waals surface area contributed by atoms with Gasteiger partial charge in [-0.3, -0.25) is 4.79 Å². The Balaban J connectivity index is 3.18. The number of nitrogens with zero attached hydrogens (tertiary/aromatic N) is 1. The summed E-state index contributed by atoms with van der Waals surface area (Å²) < 4.78 is 25.4. The molecule has 0 saturated heterocycles. The third-order valence-electron chi connectivity index (χ3n) is 1.58. The second-order valence-electron chi connectivity index (χ2n) is 2.74. The Bertz CT molecular complexity index is 455. The Hall–Kier alpha value is -2.22. The highest BCUT2D eigenvalue weighted by Crippen LogP contribution is 2.11. The molecule has 0 aliphatic carbocycles. The zero-order valence-corrected chi connectivity index (χ0v) is 7.50. The summed E-state index contributed by atoms with van der Waals surface area (Å²) in [7, 11) is 0. The van der Waals surface area contributed by atoms with Crippen LogP contribution in [-0.2, 0) is 4.79 Å². The Labute approximate surface area is 84.4 Å². The van der Waals surface area contributed by atoms with E-state index in [0.29, 0.717) is 6.07 Å². The molecule has 1 rings (SSSR count). The number of primary amides is 1. The van der Waals surface area contributed by atoms with Gasteiger partial charge in [-0.15, -0.1) is 0 Å². The number of benzene rings is 1. The maximum Gasteiger partial charge on any atom is 0.259 e. The van der Waals surface area contributed by atoms with Crippen molar-refractivity contribution in [2.45, 2.75) is 0 Å². The van der Waals surface area contributed by atoms with Crippen LogP contribution in [0.4, 0.5) is 8.78 Å².